The smallest absolute Gasteiger partial charge is 0.256 e. The standard InChI is InChI=1S/C27H23ClN8O/c1-2-3-11-35-12-8-19(16-35)24-22-7-10-32-27(30)36(22)25(34-24)20-5-4-18(14-21(20)28)26(37)33-23-13-17(15-29)6-9-31-23/h4-7,9-10,13-14,19H,8,11-12,16H2,1H3,(H2,30,32)(H,31,33,37). The Morgan fingerprint density at radius 2 is 2.08 bits per heavy atom. The Hall–Kier alpha value is -4.44. The van der Waals surface area contributed by atoms with Gasteiger partial charge in [-0.25, -0.2) is 15.0 Å². The average molecular weight is 511 g/mol. The first kappa shape index (κ1) is 24.3. The molecule has 3 N–H and O–H groups in total. The van der Waals surface area contributed by atoms with Gasteiger partial charge in [-0.15, -0.1) is 5.92 Å². The van der Waals surface area contributed by atoms with Gasteiger partial charge in [0, 0.05) is 36.0 Å². The summed E-state index contributed by atoms with van der Waals surface area (Å²) < 4.78 is 1.81. The lowest BCUT2D eigenvalue weighted by Crippen LogP contribution is -2.20. The molecule has 3 aromatic heterocycles. The zero-order valence-electron chi connectivity index (χ0n) is 20.1. The number of carbonyl (C=O) groups excluding carboxylic acids is 1. The Bertz CT molecular complexity index is 1610. The van der Waals surface area contributed by atoms with E-state index in [1.54, 1.807) is 30.5 Å². The first-order valence-electron chi connectivity index (χ1n) is 11.7. The van der Waals surface area contributed by atoms with Crippen LogP contribution >= 0.6 is 11.6 Å². The molecule has 9 nitrogen and oxygen atoms in total. The summed E-state index contributed by atoms with van der Waals surface area (Å²) in [4.78, 5) is 28.5. The summed E-state index contributed by atoms with van der Waals surface area (Å²) in [6.07, 6.45) is 4.11. The normalized spacial score (nSPS) is 15.2. The van der Waals surface area contributed by atoms with E-state index in [1.165, 1.54) is 12.3 Å². The van der Waals surface area contributed by atoms with Gasteiger partial charge in [-0.3, -0.25) is 14.1 Å². The van der Waals surface area contributed by atoms with Crippen LogP contribution in [0.15, 0.2) is 48.8 Å². The minimum atomic E-state index is -0.396. The molecule has 1 aliphatic rings. The van der Waals surface area contributed by atoms with E-state index in [-0.39, 0.29) is 11.7 Å². The Morgan fingerprint density at radius 3 is 2.86 bits per heavy atom. The van der Waals surface area contributed by atoms with Gasteiger partial charge in [0.2, 0.25) is 5.95 Å². The molecule has 0 bridgehead atoms. The monoisotopic (exact) mass is 510 g/mol. The minimum absolute atomic E-state index is 0.227. The Morgan fingerprint density at radius 1 is 1.24 bits per heavy atom. The van der Waals surface area contributed by atoms with Crippen molar-refractivity contribution in [3.05, 3.63) is 70.6 Å². The van der Waals surface area contributed by atoms with Crippen LogP contribution in [0.2, 0.25) is 5.02 Å². The summed E-state index contributed by atoms with van der Waals surface area (Å²) in [5.41, 5.74) is 9.49. The third-order valence-electron chi connectivity index (χ3n) is 6.35. The van der Waals surface area contributed by atoms with Gasteiger partial charge in [0.05, 0.1) is 34.4 Å². The number of nitriles is 1. The van der Waals surface area contributed by atoms with Crippen molar-refractivity contribution in [1.29, 1.82) is 5.26 Å². The van der Waals surface area contributed by atoms with Crippen LogP contribution in [-0.4, -0.2) is 49.8 Å². The van der Waals surface area contributed by atoms with Gasteiger partial charge >= 0.3 is 0 Å². The molecular formula is C27H23ClN8O. The molecule has 1 unspecified atom stereocenters. The fraction of sp³-hybridized carbons (Fsp3) is 0.222. The molecule has 10 heteroatoms. The number of halogens is 1. The summed E-state index contributed by atoms with van der Waals surface area (Å²) in [5.74, 6) is 7.08. The van der Waals surface area contributed by atoms with Crippen LogP contribution in [-0.2, 0) is 0 Å². The molecule has 5 rings (SSSR count). The zero-order valence-corrected chi connectivity index (χ0v) is 20.8. The minimum Gasteiger partial charge on any atom is -0.369 e. The lowest BCUT2D eigenvalue weighted by molar-refractivity contribution is 0.102. The van der Waals surface area contributed by atoms with Gasteiger partial charge in [0.1, 0.15) is 11.6 Å². The lowest BCUT2D eigenvalue weighted by atomic mass is 10.0. The molecule has 1 saturated heterocycles. The van der Waals surface area contributed by atoms with Crippen LogP contribution < -0.4 is 11.1 Å². The molecule has 0 spiro atoms. The van der Waals surface area contributed by atoms with E-state index in [9.17, 15) is 4.79 Å². The number of hydrogen-bond donors (Lipinski definition) is 2. The van der Waals surface area contributed by atoms with Gasteiger partial charge in [-0.05, 0) is 56.3 Å². The first-order valence-corrected chi connectivity index (χ1v) is 12.1. The number of hydrogen-bond acceptors (Lipinski definition) is 7. The number of nitrogens with zero attached hydrogens (tertiary/aromatic N) is 6. The quantitative estimate of drug-likeness (QED) is 0.389. The average Bonchev–Trinajstić information content (AvgIpc) is 3.53. The second-order valence-electron chi connectivity index (χ2n) is 8.68. The van der Waals surface area contributed by atoms with E-state index >= 15 is 0 Å². The van der Waals surface area contributed by atoms with Crippen molar-refractivity contribution < 1.29 is 4.79 Å². The van der Waals surface area contributed by atoms with E-state index < -0.39 is 5.91 Å². The van der Waals surface area contributed by atoms with Crippen LogP contribution in [0.3, 0.4) is 0 Å². The Balaban J connectivity index is 1.47. The highest BCUT2D eigenvalue weighted by molar-refractivity contribution is 6.33. The highest BCUT2D eigenvalue weighted by Crippen LogP contribution is 2.36. The molecule has 1 aromatic carbocycles. The van der Waals surface area contributed by atoms with Crippen LogP contribution in [0.5, 0.6) is 0 Å². The highest BCUT2D eigenvalue weighted by Gasteiger charge is 2.29. The number of nitrogens with one attached hydrogen (secondary N) is 1. The molecule has 1 amide bonds. The van der Waals surface area contributed by atoms with E-state index in [0.717, 1.165) is 37.3 Å². The van der Waals surface area contributed by atoms with Gasteiger partial charge in [0.15, 0.2) is 0 Å². The van der Waals surface area contributed by atoms with E-state index in [2.05, 4.69) is 32.0 Å². The number of nitrogen functional groups attached to an aromatic ring is 1. The topological polar surface area (TPSA) is 125 Å². The number of likely N-dealkylation sites (tertiary alicyclic amines) is 1. The molecule has 4 aromatic rings. The molecule has 4 heterocycles. The number of amides is 1. The van der Waals surface area contributed by atoms with Crippen molar-refractivity contribution in [3.63, 3.8) is 0 Å². The van der Waals surface area contributed by atoms with Crippen LogP contribution in [0, 0.1) is 23.2 Å². The molecule has 37 heavy (non-hydrogen) atoms. The van der Waals surface area contributed by atoms with E-state index in [1.807, 2.05) is 23.5 Å². The summed E-state index contributed by atoms with van der Waals surface area (Å²) in [7, 11) is 0. The number of imidazole rings is 1. The third kappa shape index (κ3) is 4.83. The third-order valence-corrected chi connectivity index (χ3v) is 6.66. The van der Waals surface area contributed by atoms with Gasteiger partial charge in [-0.1, -0.05) is 17.5 Å². The molecule has 0 radical (unpaired) electrons. The molecule has 0 saturated carbocycles. The summed E-state index contributed by atoms with van der Waals surface area (Å²) in [5, 5.41) is 12.1. The molecular weight excluding hydrogens is 488 g/mol. The number of aromatic nitrogens is 4. The fourth-order valence-electron chi connectivity index (χ4n) is 4.55. The molecule has 1 fully saturated rings. The SMILES string of the molecule is CC#CCN1CCC(c2nc(-c3ccc(C(=O)Nc4cc(C#N)ccn4)cc3Cl)n3c(N)nccc23)C1. The Labute approximate surface area is 218 Å². The number of anilines is 2. The van der Waals surface area contributed by atoms with Gasteiger partial charge < -0.3 is 11.1 Å². The maximum absolute atomic E-state index is 12.8. The van der Waals surface area contributed by atoms with Crippen molar-refractivity contribution in [2.75, 3.05) is 30.7 Å². The second-order valence-corrected chi connectivity index (χ2v) is 9.09. The van der Waals surface area contributed by atoms with Crippen LogP contribution in [0.25, 0.3) is 16.9 Å². The fourth-order valence-corrected chi connectivity index (χ4v) is 4.81. The maximum atomic E-state index is 12.8. The van der Waals surface area contributed by atoms with Gasteiger partial charge in [0.25, 0.3) is 5.91 Å². The van der Waals surface area contributed by atoms with Crippen molar-refractivity contribution in [2.24, 2.45) is 0 Å². The number of rotatable bonds is 5. The summed E-state index contributed by atoms with van der Waals surface area (Å²) in [6.45, 7) is 4.39. The lowest BCUT2D eigenvalue weighted by Gasteiger charge is -2.11. The van der Waals surface area contributed by atoms with Crippen molar-refractivity contribution in [1.82, 2.24) is 24.3 Å². The van der Waals surface area contributed by atoms with Crippen molar-refractivity contribution in [2.45, 2.75) is 19.3 Å². The zero-order chi connectivity index (χ0) is 25.9. The second kappa shape index (κ2) is 10.3. The van der Waals surface area contributed by atoms with E-state index in [4.69, 9.17) is 27.6 Å². The van der Waals surface area contributed by atoms with Crippen molar-refractivity contribution >= 4 is 34.8 Å². The molecule has 1 atom stereocenters. The molecule has 0 aliphatic carbocycles. The summed E-state index contributed by atoms with van der Waals surface area (Å²) >= 11 is 6.68. The highest BCUT2D eigenvalue weighted by atomic mass is 35.5. The predicted octanol–water partition coefficient (Wildman–Crippen LogP) is 3.96. The van der Waals surface area contributed by atoms with Crippen LogP contribution in [0.1, 0.15) is 40.9 Å². The number of pyridine rings is 1. The van der Waals surface area contributed by atoms with Crippen LogP contribution in [0.4, 0.5) is 11.8 Å². The maximum Gasteiger partial charge on any atom is 0.256 e. The number of fused-ring (bicyclic) bond motifs is 1. The van der Waals surface area contributed by atoms with Gasteiger partial charge in [-0.2, -0.15) is 5.26 Å². The van der Waals surface area contributed by atoms with E-state index in [0.29, 0.717) is 33.5 Å². The summed E-state index contributed by atoms with van der Waals surface area (Å²) in [6, 6.07) is 12.0. The Kier molecular flexibility index (Phi) is 6.74. The number of carbonyl (C=O) groups is 1. The first-order chi connectivity index (χ1) is 18.0. The van der Waals surface area contributed by atoms with Crippen molar-refractivity contribution in [3.8, 4) is 29.3 Å². The predicted molar refractivity (Wildman–Crippen MR) is 142 cm³/mol. The number of nitrogens with two attached hydrogens (primary N) is 1. The largest absolute Gasteiger partial charge is 0.369 e. The molecule has 184 valence electrons. The molecule has 1 aliphatic heterocycles. The number of benzene rings is 1.